The lowest BCUT2D eigenvalue weighted by atomic mass is 10.2. The van der Waals surface area contributed by atoms with E-state index in [-0.39, 0.29) is 12.4 Å². The van der Waals surface area contributed by atoms with E-state index in [1.807, 2.05) is 18.2 Å². The van der Waals surface area contributed by atoms with Gasteiger partial charge in [-0.3, -0.25) is 4.90 Å². The molecule has 0 saturated heterocycles. The molecule has 1 aromatic carbocycles. The second-order valence-corrected chi connectivity index (χ2v) is 4.52. The third-order valence-electron chi connectivity index (χ3n) is 2.84. The lowest BCUT2D eigenvalue weighted by molar-refractivity contribution is 0.174. The van der Waals surface area contributed by atoms with E-state index >= 15 is 0 Å². The number of hydrogen-bond acceptors (Lipinski definition) is 6. The predicted molar refractivity (Wildman–Crippen MR) is 81.9 cm³/mol. The monoisotopic (exact) mass is 312 g/mol. The Morgan fingerprint density at radius 3 is 2.67 bits per heavy atom. The van der Waals surface area contributed by atoms with E-state index in [0.29, 0.717) is 31.4 Å². The SMILES string of the molecule is COCc1noc(CN(CCN)Cc2ccccc2)n1.Cl. The van der Waals surface area contributed by atoms with Crippen LogP contribution in [0, 0.1) is 0 Å². The summed E-state index contributed by atoms with van der Waals surface area (Å²) in [7, 11) is 1.60. The Morgan fingerprint density at radius 1 is 1.24 bits per heavy atom. The van der Waals surface area contributed by atoms with Crippen LogP contribution >= 0.6 is 12.4 Å². The van der Waals surface area contributed by atoms with Crippen molar-refractivity contribution in [1.29, 1.82) is 0 Å². The van der Waals surface area contributed by atoms with Crippen LogP contribution in [0.2, 0.25) is 0 Å². The van der Waals surface area contributed by atoms with Crippen molar-refractivity contribution >= 4 is 12.4 Å². The number of nitrogens with zero attached hydrogens (tertiary/aromatic N) is 3. The molecule has 6 nitrogen and oxygen atoms in total. The van der Waals surface area contributed by atoms with Crippen molar-refractivity contribution < 1.29 is 9.26 Å². The molecule has 0 spiro atoms. The number of rotatable bonds is 8. The van der Waals surface area contributed by atoms with Gasteiger partial charge in [-0.25, -0.2) is 0 Å². The maximum Gasteiger partial charge on any atom is 0.240 e. The van der Waals surface area contributed by atoms with Gasteiger partial charge in [0.2, 0.25) is 5.89 Å². The van der Waals surface area contributed by atoms with Gasteiger partial charge in [0.15, 0.2) is 5.82 Å². The lowest BCUT2D eigenvalue weighted by Crippen LogP contribution is -2.28. The van der Waals surface area contributed by atoms with Gasteiger partial charge in [-0.15, -0.1) is 12.4 Å². The quantitative estimate of drug-likeness (QED) is 0.798. The molecule has 0 fully saturated rings. The zero-order valence-corrected chi connectivity index (χ0v) is 12.9. The van der Waals surface area contributed by atoms with E-state index in [1.165, 1.54) is 5.56 Å². The minimum absolute atomic E-state index is 0. The molecular weight excluding hydrogens is 292 g/mol. The number of halogens is 1. The molecule has 21 heavy (non-hydrogen) atoms. The molecule has 116 valence electrons. The molecule has 0 saturated carbocycles. The molecule has 2 aromatic rings. The van der Waals surface area contributed by atoms with Gasteiger partial charge in [0.1, 0.15) is 6.61 Å². The van der Waals surface area contributed by atoms with Crippen LogP contribution < -0.4 is 5.73 Å². The Labute approximate surface area is 130 Å². The number of hydrogen-bond donors (Lipinski definition) is 1. The molecule has 2 rings (SSSR count). The summed E-state index contributed by atoms with van der Waals surface area (Å²) in [6.45, 7) is 3.12. The fourth-order valence-electron chi connectivity index (χ4n) is 1.97. The Kier molecular flexibility index (Phi) is 7.92. The Balaban J connectivity index is 0.00000220. The highest BCUT2D eigenvalue weighted by Crippen LogP contribution is 2.08. The summed E-state index contributed by atoms with van der Waals surface area (Å²) in [5.41, 5.74) is 6.90. The van der Waals surface area contributed by atoms with Crippen molar-refractivity contribution in [1.82, 2.24) is 15.0 Å². The molecule has 0 aliphatic heterocycles. The van der Waals surface area contributed by atoms with E-state index in [1.54, 1.807) is 7.11 Å². The van der Waals surface area contributed by atoms with E-state index in [2.05, 4.69) is 27.2 Å². The van der Waals surface area contributed by atoms with Crippen molar-refractivity contribution in [2.75, 3.05) is 20.2 Å². The Bertz CT molecular complexity index is 507. The third kappa shape index (κ3) is 5.81. The largest absolute Gasteiger partial charge is 0.377 e. The highest BCUT2D eigenvalue weighted by molar-refractivity contribution is 5.85. The average molecular weight is 313 g/mol. The summed E-state index contributed by atoms with van der Waals surface area (Å²) in [6, 6.07) is 10.2. The third-order valence-corrected chi connectivity index (χ3v) is 2.84. The molecule has 7 heteroatoms. The molecule has 0 radical (unpaired) electrons. The predicted octanol–water partition coefficient (Wildman–Crippen LogP) is 1.60. The highest BCUT2D eigenvalue weighted by Gasteiger charge is 2.12. The molecule has 0 aliphatic rings. The molecule has 0 unspecified atom stereocenters. The fraction of sp³-hybridized carbons (Fsp3) is 0.429. The zero-order valence-electron chi connectivity index (χ0n) is 12.1. The molecule has 0 amide bonds. The average Bonchev–Trinajstić information content (AvgIpc) is 2.88. The first kappa shape index (κ1) is 17.6. The van der Waals surface area contributed by atoms with Crippen molar-refractivity contribution in [3.05, 3.63) is 47.6 Å². The van der Waals surface area contributed by atoms with Crippen LogP contribution in [0.1, 0.15) is 17.3 Å². The first-order valence-corrected chi connectivity index (χ1v) is 6.58. The smallest absolute Gasteiger partial charge is 0.240 e. The summed E-state index contributed by atoms with van der Waals surface area (Å²) in [4.78, 5) is 6.46. The minimum Gasteiger partial charge on any atom is -0.377 e. The van der Waals surface area contributed by atoms with Crippen LogP contribution in [-0.4, -0.2) is 35.2 Å². The van der Waals surface area contributed by atoms with Crippen LogP contribution in [0.4, 0.5) is 0 Å². The fourth-order valence-corrected chi connectivity index (χ4v) is 1.97. The first-order valence-electron chi connectivity index (χ1n) is 6.58. The molecular formula is C14H21ClN4O2. The van der Waals surface area contributed by atoms with Crippen LogP contribution in [0.25, 0.3) is 0 Å². The molecule has 2 N–H and O–H groups in total. The summed E-state index contributed by atoms with van der Waals surface area (Å²) in [5.74, 6) is 1.15. The first-order chi connectivity index (χ1) is 9.81. The second kappa shape index (κ2) is 9.46. The molecule has 0 atom stereocenters. The van der Waals surface area contributed by atoms with Crippen LogP contribution in [0.3, 0.4) is 0 Å². The van der Waals surface area contributed by atoms with Crippen molar-refractivity contribution in [3.8, 4) is 0 Å². The van der Waals surface area contributed by atoms with E-state index in [4.69, 9.17) is 15.0 Å². The summed E-state index contributed by atoms with van der Waals surface area (Å²) < 4.78 is 10.2. The number of benzene rings is 1. The zero-order chi connectivity index (χ0) is 14.2. The van der Waals surface area contributed by atoms with Crippen molar-refractivity contribution in [3.63, 3.8) is 0 Å². The van der Waals surface area contributed by atoms with E-state index in [9.17, 15) is 0 Å². The maximum atomic E-state index is 5.66. The topological polar surface area (TPSA) is 77.4 Å². The van der Waals surface area contributed by atoms with Gasteiger partial charge in [0, 0.05) is 26.7 Å². The van der Waals surface area contributed by atoms with Gasteiger partial charge in [-0.2, -0.15) is 4.98 Å². The highest BCUT2D eigenvalue weighted by atomic mass is 35.5. The molecule has 0 aliphatic carbocycles. The van der Waals surface area contributed by atoms with Crippen molar-refractivity contribution in [2.24, 2.45) is 5.73 Å². The number of ether oxygens (including phenoxy) is 1. The standard InChI is InChI=1S/C14H20N4O2.ClH/c1-19-11-13-16-14(20-17-13)10-18(8-7-15)9-12-5-3-2-4-6-12;/h2-6H,7-11,15H2,1H3;1H. The van der Waals surface area contributed by atoms with E-state index in [0.717, 1.165) is 13.1 Å². The molecule has 1 heterocycles. The maximum absolute atomic E-state index is 5.66. The molecule has 1 aromatic heterocycles. The second-order valence-electron chi connectivity index (χ2n) is 4.52. The minimum atomic E-state index is 0. The van der Waals surface area contributed by atoms with Crippen LogP contribution in [-0.2, 0) is 24.4 Å². The number of aromatic nitrogens is 2. The van der Waals surface area contributed by atoms with Gasteiger partial charge in [-0.1, -0.05) is 35.5 Å². The lowest BCUT2D eigenvalue weighted by Gasteiger charge is -2.19. The Morgan fingerprint density at radius 2 is 2.00 bits per heavy atom. The molecule has 0 bridgehead atoms. The van der Waals surface area contributed by atoms with Gasteiger partial charge in [0.05, 0.1) is 6.54 Å². The number of methoxy groups -OCH3 is 1. The normalized spacial score (nSPS) is 10.6. The van der Waals surface area contributed by atoms with Gasteiger partial charge < -0.3 is 15.0 Å². The summed E-state index contributed by atoms with van der Waals surface area (Å²) >= 11 is 0. The van der Waals surface area contributed by atoms with Crippen molar-refractivity contribution in [2.45, 2.75) is 19.7 Å². The van der Waals surface area contributed by atoms with Gasteiger partial charge in [-0.05, 0) is 5.56 Å². The summed E-state index contributed by atoms with van der Waals surface area (Å²) in [6.07, 6.45) is 0. The van der Waals surface area contributed by atoms with Gasteiger partial charge >= 0.3 is 0 Å². The number of nitrogens with two attached hydrogens (primary N) is 1. The van der Waals surface area contributed by atoms with Crippen LogP contribution in [0.15, 0.2) is 34.9 Å². The Hall–Kier alpha value is -1.47. The van der Waals surface area contributed by atoms with Crippen LogP contribution in [0.5, 0.6) is 0 Å². The summed E-state index contributed by atoms with van der Waals surface area (Å²) in [5, 5.41) is 3.86. The van der Waals surface area contributed by atoms with E-state index < -0.39 is 0 Å². The van der Waals surface area contributed by atoms with Gasteiger partial charge in [0.25, 0.3) is 0 Å².